The Labute approximate surface area is 127 Å². The summed E-state index contributed by atoms with van der Waals surface area (Å²) in [7, 11) is -3.05. The minimum absolute atomic E-state index is 0.0656. The van der Waals surface area contributed by atoms with Gasteiger partial charge in [0.15, 0.2) is 16.4 Å². The standard InChI is InChI=1S/C13H14ClNO5S/c14-10-3-1-9(2-4-10)13(17)20-7-12(16)15-11-5-6-21(18,19)8-11/h1-4,11H,5-8H2,(H,15,16). The van der Waals surface area contributed by atoms with Crippen LogP contribution in [-0.2, 0) is 19.4 Å². The van der Waals surface area contributed by atoms with E-state index in [1.54, 1.807) is 12.1 Å². The van der Waals surface area contributed by atoms with Gasteiger partial charge >= 0.3 is 5.97 Å². The third kappa shape index (κ3) is 4.71. The van der Waals surface area contributed by atoms with Gasteiger partial charge in [-0.15, -0.1) is 0 Å². The number of benzene rings is 1. The van der Waals surface area contributed by atoms with Crippen molar-refractivity contribution in [2.45, 2.75) is 12.5 Å². The van der Waals surface area contributed by atoms with Gasteiger partial charge < -0.3 is 10.1 Å². The van der Waals surface area contributed by atoms with E-state index < -0.39 is 34.4 Å². The van der Waals surface area contributed by atoms with Gasteiger partial charge in [-0.05, 0) is 30.7 Å². The molecule has 1 aromatic rings. The van der Waals surface area contributed by atoms with E-state index in [0.717, 1.165) is 0 Å². The monoisotopic (exact) mass is 331 g/mol. The minimum atomic E-state index is -3.05. The number of ether oxygens (including phenoxy) is 1. The third-order valence-corrected chi connectivity index (χ3v) is 5.03. The van der Waals surface area contributed by atoms with E-state index in [1.165, 1.54) is 12.1 Å². The van der Waals surface area contributed by atoms with Gasteiger partial charge in [0.05, 0.1) is 17.1 Å². The Hall–Kier alpha value is -1.60. The molecule has 0 bridgehead atoms. The normalized spacial score (nSPS) is 20.0. The third-order valence-electron chi connectivity index (χ3n) is 3.01. The van der Waals surface area contributed by atoms with E-state index in [9.17, 15) is 18.0 Å². The molecular weight excluding hydrogens is 318 g/mol. The Kier molecular flexibility index (Phi) is 4.84. The molecule has 1 saturated heterocycles. The lowest BCUT2D eigenvalue weighted by atomic mass is 10.2. The van der Waals surface area contributed by atoms with E-state index in [0.29, 0.717) is 11.4 Å². The smallest absolute Gasteiger partial charge is 0.338 e. The lowest BCUT2D eigenvalue weighted by Crippen LogP contribution is -2.38. The van der Waals surface area contributed by atoms with Gasteiger partial charge in [-0.2, -0.15) is 0 Å². The molecule has 2 rings (SSSR count). The van der Waals surface area contributed by atoms with Crippen LogP contribution in [0.1, 0.15) is 16.8 Å². The lowest BCUT2D eigenvalue weighted by molar-refractivity contribution is -0.124. The number of sulfone groups is 1. The van der Waals surface area contributed by atoms with Crippen LogP contribution in [0, 0.1) is 0 Å². The number of hydrogen-bond donors (Lipinski definition) is 1. The van der Waals surface area contributed by atoms with E-state index in [4.69, 9.17) is 16.3 Å². The molecular formula is C13H14ClNO5S. The number of amides is 1. The number of carbonyl (C=O) groups excluding carboxylic acids is 2. The van der Waals surface area contributed by atoms with Gasteiger partial charge in [-0.1, -0.05) is 11.6 Å². The molecule has 1 amide bonds. The Balaban J connectivity index is 1.79. The number of esters is 1. The number of hydrogen-bond acceptors (Lipinski definition) is 5. The predicted octanol–water partition coefficient (Wildman–Crippen LogP) is 0.800. The molecule has 8 heteroatoms. The van der Waals surface area contributed by atoms with Gasteiger partial charge in [0.2, 0.25) is 0 Å². The Morgan fingerprint density at radius 3 is 2.52 bits per heavy atom. The van der Waals surface area contributed by atoms with Crippen LogP contribution >= 0.6 is 11.6 Å². The summed E-state index contributed by atoms with van der Waals surface area (Å²) in [5.41, 5.74) is 0.288. The maximum atomic E-state index is 11.7. The highest BCUT2D eigenvalue weighted by Gasteiger charge is 2.29. The average Bonchev–Trinajstić information content (AvgIpc) is 2.76. The molecule has 1 unspecified atom stereocenters. The number of nitrogens with one attached hydrogen (secondary N) is 1. The summed E-state index contributed by atoms with van der Waals surface area (Å²) < 4.78 is 27.4. The Bertz CT molecular complexity index is 641. The number of halogens is 1. The van der Waals surface area contributed by atoms with Crippen LogP contribution in [0.25, 0.3) is 0 Å². The van der Waals surface area contributed by atoms with Crippen molar-refractivity contribution in [3.8, 4) is 0 Å². The fourth-order valence-electron chi connectivity index (χ4n) is 1.98. The van der Waals surface area contributed by atoms with Crippen LogP contribution in [0.2, 0.25) is 5.02 Å². The molecule has 1 heterocycles. The summed E-state index contributed by atoms with van der Waals surface area (Å²) in [4.78, 5) is 23.3. The van der Waals surface area contributed by atoms with E-state index in [1.807, 2.05) is 0 Å². The molecule has 21 heavy (non-hydrogen) atoms. The Morgan fingerprint density at radius 1 is 1.29 bits per heavy atom. The van der Waals surface area contributed by atoms with Gasteiger partial charge in [0, 0.05) is 11.1 Å². The van der Waals surface area contributed by atoms with Gasteiger partial charge in [0.25, 0.3) is 5.91 Å². The second kappa shape index (κ2) is 6.44. The van der Waals surface area contributed by atoms with Crippen molar-refractivity contribution in [1.29, 1.82) is 0 Å². The second-order valence-corrected chi connectivity index (χ2v) is 7.42. The fraction of sp³-hybridized carbons (Fsp3) is 0.385. The molecule has 0 saturated carbocycles. The SMILES string of the molecule is O=C(COC(=O)c1ccc(Cl)cc1)NC1CCS(=O)(=O)C1. The Morgan fingerprint density at radius 2 is 1.95 bits per heavy atom. The zero-order chi connectivity index (χ0) is 15.5. The highest BCUT2D eigenvalue weighted by Crippen LogP contribution is 2.12. The first-order chi connectivity index (χ1) is 9.85. The molecule has 1 N–H and O–H groups in total. The van der Waals surface area contributed by atoms with E-state index in [-0.39, 0.29) is 17.1 Å². The lowest BCUT2D eigenvalue weighted by Gasteiger charge is -2.11. The molecule has 0 aliphatic carbocycles. The van der Waals surface area contributed by atoms with Crippen LogP contribution in [-0.4, -0.2) is 44.4 Å². The van der Waals surface area contributed by atoms with Gasteiger partial charge in [-0.25, -0.2) is 13.2 Å². The molecule has 0 radical (unpaired) electrons. The van der Waals surface area contributed by atoms with Crippen LogP contribution in [0.15, 0.2) is 24.3 Å². The molecule has 1 atom stereocenters. The van der Waals surface area contributed by atoms with Crippen molar-refractivity contribution < 1.29 is 22.7 Å². The molecule has 114 valence electrons. The summed E-state index contributed by atoms with van der Waals surface area (Å²) in [6.07, 6.45) is 0.388. The van der Waals surface area contributed by atoms with Crippen LogP contribution in [0.3, 0.4) is 0 Å². The first-order valence-electron chi connectivity index (χ1n) is 6.28. The van der Waals surface area contributed by atoms with Crippen molar-refractivity contribution in [2.24, 2.45) is 0 Å². The summed E-state index contributed by atoms with van der Waals surface area (Å²) in [5, 5.41) is 3.03. The molecule has 6 nitrogen and oxygen atoms in total. The minimum Gasteiger partial charge on any atom is -0.452 e. The zero-order valence-electron chi connectivity index (χ0n) is 11.0. The maximum Gasteiger partial charge on any atom is 0.338 e. The van der Waals surface area contributed by atoms with E-state index >= 15 is 0 Å². The predicted molar refractivity (Wildman–Crippen MR) is 76.9 cm³/mol. The first-order valence-corrected chi connectivity index (χ1v) is 8.48. The second-order valence-electron chi connectivity index (χ2n) is 4.75. The summed E-state index contributed by atoms with van der Waals surface area (Å²) >= 11 is 5.70. The molecule has 0 aromatic heterocycles. The van der Waals surface area contributed by atoms with Crippen molar-refractivity contribution in [3.63, 3.8) is 0 Å². The van der Waals surface area contributed by atoms with Gasteiger partial charge in [-0.3, -0.25) is 4.79 Å². The highest BCUT2D eigenvalue weighted by molar-refractivity contribution is 7.91. The molecule has 1 fully saturated rings. The first kappa shape index (κ1) is 15.8. The molecule has 1 aliphatic heterocycles. The van der Waals surface area contributed by atoms with Crippen LogP contribution < -0.4 is 5.32 Å². The van der Waals surface area contributed by atoms with Crippen LogP contribution in [0.5, 0.6) is 0 Å². The summed E-state index contributed by atoms with van der Waals surface area (Å²) in [5.74, 6) is -1.15. The topological polar surface area (TPSA) is 89.5 Å². The van der Waals surface area contributed by atoms with E-state index in [2.05, 4.69) is 5.32 Å². The summed E-state index contributed by atoms with van der Waals surface area (Å²) in [6, 6.07) is 5.67. The quantitative estimate of drug-likeness (QED) is 0.824. The van der Waals surface area contributed by atoms with Crippen molar-refractivity contribution >= 4 is 33.3 Å². The number of carbonyl (C=O) groups is 2. The largest absolute Gasteiger partial charge is 0.452 e. The van der Waals surface area contributed by atoms with Crippen molar-refractivity contribution in [1.82, 2.24) is 5.32 Å². The number of rotatable bonds is 4. The highest BCUT2D eigenvalue weighted by atomic mass is 35.5. The molecule has 0 spiro atoms. The molecule has 1 aliphatic rings. The van der Waals surface area contributed by atoms with Crippen molar-refractivity contribution in [2.75, 3.05) is 18.1 Å². The molecule has 1 aromatic carbocycles. The van der Waals surface area contributed by atoms with Crippen LogP contribution in [0.4, 0.5) is 0 Å². The fourth-order valence-corrected chi connectivity index (χ4v) is 3.78. The maximum absolute atomic E-state index is 11.7. The van der Waals surface area contributed by atoms with Crippen molar-refractivity contribution in [3.05, 3.63) is 34.9 Å². The zero-order valence-corrected chi connectivity index (χ0v) is 12.6. The average molecular weight is 332 g/mol. The van der Waals surface area contributed by atoms with Gasteiger partial charge in [0.1, 0.15) is 0 Å². The summed E-state index contributed by atoms with van der Waals surface area (Å²) in [6.45, 7) is -0.446.